The van der Waals surface area contributed by atoms with Crippen molar-refractivity contribution in [2.24, 2.45) is 0 Å². The molecule has 2 N–H and O–H groups in total. The summed E-state index contributed by atoms with van der Waals surface area (Å²) in [5.41, 5.74) is 3.23. The van der Waals surface area contributed by atoms with E-state index >= 15 is 0 Å². The maximum Gasteiger partial charge on any atom is 0.252 e. The average molecular weight is 361 g/mol. The third-order valence-electron chi connectivity index (χ3n) is 5.02. The molecule has 1 saturated heterocycles. The summed E-state index contributed by atoms with van der Waals surface area (Å²) >= 11 is 0. The van der Waals surface area contributed by atoms with Gasteiger partial charge >= 0.3 is 0 Å². The molecule has 1 amide bonds. The normalized spacial score (nSPS) is 14.9. The molecule has 2 aromatic carbocycles. The van der Waals surface area contributed by atoms with Crippen molar-refractivity contribution in [1.82, 2.24) is 15.6 Å². The van der Waals surface area contributed by atoms with Crippen LogP contribution in [0, 0.1) is 0 Å². The average Bonchev–Trinajstić information content (AvgIpc) is 2.73. The SMILES string of the molecule is COc1ccc(-c2cc(C(=O)NC3CCNCC3)c3ccccc3n2)cc1. The Kier molecular flexibility index (Phi) is 5.03. The number of hydrogen-bond acceptors (Lipinski definition) is 4. The number of para-hydroxylation sites is 1. The third kappa shape index (κ3) is 3.78. The Hall–Kier alpha value is -2.92. The zero-order chi connectivity index (χ0) is 18.6. The Morgan fingerprint density at radius 3 is 2.59 bits per heavy atom. The first-order valence-corrected chi connectivity index (χ1v) is 9.30. The van der Waals surface area contributed by atoms with Crippen molar-refractivity contribution in [2.75, 3.05) is 20.2 Å². The topological polar surface area (TPSA) is 63.2 Å². The van der Waals surface area contributed by atoms with Gasteiger partial charge in [0.2, 0.25) is 0 Å². The van der Waals surface area contributed by atoms with E-state index in [0.717, 1.165) is 53.8 Å². The van der Waals surface area contributed by atoms with Gasteiger partial charge < -0.3 is 15.4 Å². The van der Waals surface area contributed by atoms with Gasteiger partial charge in [0, 0.05) is 17.0 Å². The van der Waals surface area contributed by atoms with Crippen molar-refractivity contribution >= 4 is 16.8 Å². The van der Waals surface area contributed by atoms with Crippen LogP contribution in [0.15, 0.2) is 54.6 Å². The number of fused-ring (bicyclic) bond motifs is 1. The van der Waals surface area contributed by atoms with Gasteiger partial charge in [-0.3, -0.25) is 4.79 Å². The number of pyridine rings is 1. The van der Waals surface area contributed by atoms with Crippen molar-refractivity contribution in [3.8, 4) is 17.0 Å². The molecule has 1 aromatic heterocycles. The van der Waals surface area contributed by atoms with E-state index in [0.29, 0.717) is 5.56 Å². The first-order chi connectivity index (χ1) is 13.2. The minimum atomic E-state index is -0.0322. The van der Waals surface area contributed by atoms with E-state index in [-0.39, 0.29) is 11.9 Å². The molecule has 5 heteroatoms. The molecule has 138 valence electrons. The van der Waals surface area contributed by atoms with Crippen molar-refractivity contribution < 1.29 is 9.53 Å². The fourth-order valence-corrected chi connectivity index (χ4v) is 3.50. The summed E-state index contributed by atoms with van der Waals surface area (Å²) in [7, 11) is 1.65. The van der Waals surface area contributed by atoms with Crippen LogP contribution in [0.1, 0.15) is 23.2 Å². The van der Waals surface area contributed by atoms with Crippen molar-refractivity contribution in [3.05, 3.63) is 60.2 Å². The Balaban J connectivity index is 1.72. The molecule has 0 saturated carbocycles. The molecule has 2 heterocycles. The smallest absolute Gasteiger partial charge is 0.252 e. The number of rotatable bonds is 4. The van der Waals surface area contributed by atoms with Crippen molar-refractivity contribution in [1.29, 1.82) is 0 Å². The molecule has 0 radical (unpaired) electrons. The van der Waals surface area contributed by atoms with Crippen LogP contribution in [0.2, 0.25) is 0 Å². The number of piperidine rings is 1. The summed E-state index contributed by atoms with van der Waals surface area (Å²) in [6.07, 6.45) is 1.92. The Morgan fingerprint density at radius 2 is 1.85 bits per heavy atom. The fraction of sp³-hybridized carbons (Fsp3) is 0.273. The quantitative estimate of drug-likeness (QED) is 0.748. The van der Waals surface area contributed by atoms with Crippen LogP contribution < -0.4 is 15.4 Å². The number of carbonyl (C=O) groups is 1. The van der Waals surface area contributed by atoms with Crippen LogP contribution >= 0.6 is 0 Å². The molecule has 0 atom stereocenters. The molecule has 1 aliphatic rings. The number of carbonyl (C=O) groups excluding carboxylic acids is 1. The van der Waals surface area contributed by atoms with Gasteiger partial charge in [0.15, 0.2) is 0 Å². The van der Waals surface area contributed by atoms with Crippen molar-refractivity contribution in [3.63, 3.8) is 0 Å². The van der Waals surface area contributed by atoms with E-state index in [2.05, 4.69) is 10.6 Å². The molecular weight excluding hydrogens is 338 g/mol. The van der Waals surface area contributed by atoms with E-state index < -0.39 is 0 Å². The highest BCUT2D eigenvalue weighted by molar-refractivity contribution is 6.07. The van der Waals surface area contributed by atoms with Crippen LogP contribution in [-0.4, -0.2) is 37.1 Å². The zero-order valence-corrected chi connectivity index (χ0v) is 15.4. The maximum atomic E-state index is 13.0. The van der Waals surface area contributed by atoms with Gasteiger partial charge in [0.25, 0.3) is 5.91 Å². The predicted octanol–water partition coefficient (Wildman–Crippen LogP) is 3.39. The summed E-state index contributed by atoms with van der Waals surface area (Å²) in [4.78, 5) is 17.8. The van der Waals surface area contributed by atoms with E-state index in [1.165, 1.54) is 0 Å². The molecule has 1 aliphatic heterocycles. The Morgan fingerprint density at radius 1 is 1.11 bits per heavy atom. The summed E-state index contributed by atoms with van der Waals surface area (Å²) in [6, 6.07) is 17.6. The summed E-state index contributed by atoms with van der Waals surface area (Å²) in [5.74, 6) is 0.763. The first-order valence-electron chi connectivity index (χ1n) is 9.30. The molecule has 4 rings (SSSR count). The van der Waals surface area contributed by atoms with Crippen LogP contribution in [-0.2, 0) is 0 Å². The first kappa shape index (κ1) is 17.5. The van der Waals surface area contributed by atoms with Crippen molar-refractivity contribution in [2.45, 2.75) is 18.9 Å². The van der Waals surface area contributed by atoms with E-state index in [9.17, 15) is 4.79 Å². The molecule has 3 aromatic rings. The largest absolute Gasteiger partial charge is 0.497 e. The lowest BCUT2D eigenvalue weighted by molar-refractivity contribution is 0.0931. The highest BCUT2D eigenvalue weighted by Gasteiger charge is 2.19. The van der Waals surface area contributed by atoms with E-state index in [1.54, 1.807) is 7.11 Å². The Bertz CT molecular complexity index is 947. The molecule has 0 unspecified atom stereocenters. The lowest BCUT2D eigenvalue weighted by Gasteiger charge is -2.24. The fourth-order valence-electron chi connectivity index (χ4n) is 3.50. The lowest BCUT2D eigenvalue weighted by Crippen LogP contribution is -2.42. The van der Waals surface area contributed by atoms with Crippen LogP contribution in [0.3, 0.4) is 0 Å². The molecule has 0 aliphatic carbocycles. The number of methoxy groups -OCH3 is 1. The number of nitrogens with one attached hydrogen (secondary N) is 2. The van der Waals surface area contributed by atoms with Gasteiger partial charge in [-0.25, -0.2) is 4.98 Å². The second kappa shape index (κ2) is 7.76. The molecular formula is C22H23N3O2. The second-order valence-electron chi connectivity index (χ2n) is 6.80. The van der Waals surface area contributed by atoms with Gasteiger partial charge in [-0.2, -0.15) is 0 Å². The van der Waals surface area contributed by atoms with Crippen LogP contribution in [0.5, 0.6) is 5.75 Å². The molecule has 1 fully saturated rings. The number of nitrogens with zero attached hydrogens (tertiary/aromatic N) is 1. The van der Waals surface area contributed by atoms with Gasteiger partial charge in [-0.05, 0) is 62.3 Å². The summed E-state index contributed by atoms with van der Waals surface area (Å²) in [6.45, 7) is 1.89. The second-order valence-corrected chi connectivity index (χ2v) is 6.80. The molecule has 5 nitrogen and oxygen atoms in total. The number of amides is 1. The zero-order valence-electron chi connectivity index (χ0n) is 15.4. The number of hydrogen-bond donors (Lipinski definition) is 2. The number of aromatic nitrogens is 1. The summed E-state index contributed by atoms with van der Waals surface area (Å²) in [5, 5.41) is 7.40. The predicted molar refractivity (Wildman–Crippen MR) is 107 cm³/mol. The summed E-state index contributed by atoms with van der Waals surface area (Å²) < 4.78 is 5.23. The van der Waals surface area contributed by atoms with Gasteiger partial charge in [-0.15, -0.1) is 0 Å². The molecule has 0 bridgehead atoms. The highest BCUT2D eigenvalue weighted by Crippen LogP contribution is 2.26. The lowest BCUT2D eigenvalue weighted by atomic mass is 10.0. The van der Waals surface area contributed by atoms with E-state index in [1.807, 2.05) is 54.6 Å². The van der Waals surface area contributed by atoms with Crippen LogP contribution in [0.4, 0.5) is 0 Å². The van der Waals surface area contributed by atoms with Crippen LogP contribution in [0.25, 0.3) is 22.2 Å². The minimum Gasteiger partial charge on any atom is -0.497 e. The minimum absolute atomic E-state index is 0.0322. The van der Waals surface area contributed by atoms with Gasteiger partial charge in [0.1, 0.15) is 5.75 Å². The maximum absolute atomic E-state index is 13.0. The number of ether oxygens (including phenoxy) is 1. The van der Waals surface area contributed by atoms with Gasteiger partial charge in [0.05, 0.1) is 23.9 Å². The molecule has 0 spiro atoms. The van der Waals surface area contributed by atoms with E-state index in [4.69, 9.17) is 9.72 Å². The molecule has 27 heavy (non-hydrogen) atoms. The monoisotopic (exact) mass is 361 g/mol. The van der Waals surface area contributed by atoms with Gasteiger partial charge in [-0.1, -0.05) is 18.2 Å². The number of benzene rings is 2. The standard InChI is InChI=1S/C22H23N3O2/c1-27-17-8-6-15(7-9-17)21-14-19(18-4-2-3-5-20(18)25-21)22(26)24-16-10-12-23-13-11-16/h2-9,14,16,23H,10-13H2,1H3,(H,24,26). The Labute approximate surface area is 158 Å². The highest BCUT2D eigenvalue weighted by atomic mass is 16.5. The third-order valence-corrected chi connectivity index (χ3v) is 5.02.